The lowest BCUT2D eigenvalue weighted by atomic mass is 9.47. The van der Waals surface area contributed by atoms with E-state index in [0.717, 1.165) is 19.3 Å². The zero-order chi connectivity index (χ0) is 23.4. The van der Waals surface area contributed by atoms with Gasteiger partial charge in [0.05, 0.1) is 0 Å². The Labute approximate surface area is 199 Å². The summed E-state index contributed by atoms with van der Waals surface area (Å²) >= 11 is 0. The molecule has 1 aromatic rings. The second-order valence-corrected chi connectivity index (χ2v) is 11.8. The van der Waals surface area contributed by atoms with E-state index < -0.39 is 0 Å². The molecule has 1 N–H and O–H groups in total. The molecule has 2 amide bonds. The normalized spacial score (nSPS) is 40.5. The summed E-state index contributed by atoms with van der Waals surface area (Å²) in [5.41, 5.74) is 1.45. The van der Waals surface area contributed by atoms with E-state index in [1.807, 2.05) is 24.1 Å². The van der Waals surface area contributed by atoms with E-state index >= 15 is 0 Å². The molecule has 4 aliphatic rings. The number of carbonyl (C=O) groups excluding carboxylic acids is 2. The highest BCUT2D eigenvalue weighted by atomic mass is 16.2. The minimum atomic E-state index is 0.0678. The van der Waals surface area contributed by atoms with Crippen molar-refractivity contribution >= 4 is 11.8 Å². The lowest BCUT2D eigenvalue weighted by Gasteiger charge is -2.60. The highest BCUT2D eigenvalue weighted by Crippen LogP contribution is 2.65. The van der Waals surface area contributed by atoms with Gasteiger partial charge in [-0.1, -0.05) is 57.2 Å². The molecule has 178 valence electrons. The van der Waals surface area contributed by atoms with Crippen LogP contribution in [0.5, 0.6) is 0 Å². The molecule has 3 aliphatic carbocycles. The summed E-state index contributed by atoms with van der Waals surface area (Å²) in [6.45, 7) is 7.70. The largest absolute Gasteiger partial charge is 0.355 e. The molecule has 5 rings (SSSR count). The van der Waals surface area contributed by atoms with Gasteiger partial charge in [0.15, 0.2) is 0 Å². The molecular weight excluding hydrogens is 408 g/mol. The fraction of sp³-hybridized carbons (Fsp3) is 0.655. The van der Waals surface area contributed by atoms with E-state index in [-0.39, 0.29) is 28.6 Å². The van der Waals surface area contributed by atoms with Crippen LogP contribution >= 0.6 is 0 Å². The number of hydrogen-bond donors (Lipinski definition) is 1. The van der Waals surface area contributed by atoms with Gasteiger partial charge in [0.1, 0.15) is 0 Å². The Morgan fingerprint density at radius 2 is 1.85 bits per heavy atom. The van der Waals surface area contributed by atoms with Gasteiger partial charge in [-0.3, -0.25) is 9.59 Å². The SMILES string of the molecule is C[C@@H](CNC(=O)[C@H]1CC[C@H]2[C@@H]3CC[C@H]4N(C)C(=O)C=C[C@]4(C)[C@H]3CC[C@]12C)c1ccccc1. The molecule has 4 nitrogen and oxygen atoms in total. The Balaban J connectivity index is 1.29. The summed E-state index contributed by atoms with van der Waals surface area (Å²) in [5, 5.41) is 3.32. The van der Waals surface area contributed by atoms with Crippen LogP contribution in [0.25, 0.3) is 0 Å². The number of amides is 2. The minimum absolute atomic E-state index is 0.0678. The third-order valence-corrected chi connectivity index (χ3v) is 10.4. The summed E-state index contributed by atoms with van der Waals surface area (Å²) in [6, 6.07) is 10.8. The van der Waals surface area contributed by atoms with Crippen molar-refractivity contribution in [3.8, 4) is 0 Å². The quantitative estimate of drug-likeness (QED) is 0.691. The van der Waals surface area contributed by atoms with Crippen molar-refractivity contribution in [3.63, 3.8) is 0 Å². The molecule has 33 heavy (non-hydrogen) atoms. The fourth-order valence-electron chi connectivity index (χ4n) is 8.45. The summed E-state index contributed by atoms with van der Waals surface area (Å²) in [7, 11) is 1.98. The van der Waals surface area contributed by atoms with E-state index in [9.17, 15) is 9.59 Å². The Bertz CT molecular complexity index is 942. The topological polar surface area (TPSA) is 49.4 Å². The van der Waals surface area contributed by atoms with Crippen molar-refractivity contribution in [2.75, 3.05) is 13.6 Å². The highest BCUT2D eigenvalue weighted by molar-refractivity contribution is 5.89. The van der Waals surface area contributed by atoms with Gasteiger partial charge in [-0.15, -0.1) is 0 Å². The number of carbonyl (C=O) groups is 2. The van der Waals surface area contributed by atoms with Gasteiger partial charge in [0.2, 0.25) is 11.8 Å². The lowest BCUT2D eigenvalue weighted by molar-refractivity contribution is -0.142. The molecule has 1 aliphatic heterocycles. The fourth-order valence-corrected chi connectivity index (χ4v) is 8.45. The van der Waals surface area contributed by atoms with E-state index in [1.54, 1.807) is 0 Å². The Morgan fingerprint density at radius 3 is 2.61 bits per heavy atom. The molecule has 0 unspecified atom stereocenters. The maximum Gasteiger partial charge on any atom is 0.246 e. The van der Waals surface area contributed by atoms with Gasteiger partial charge in [0, 0.05) is 31.0 Å². The minimum Gasteiger partial charge on any atom is -0.355 e. The third-order valence-electron chi connectivity index (χ3n) is 10.4. The molecule has 0 radical (unpaired) electrons. The van der Waals surface area contributed by atoms with Gasteiger partial charge in [0.25, 0.3) is 0 Å². The van der Waals surface area contributed by atoms with Crippen LogP contribution in [0.15, 0.2) is 42.5 Å². The maximum absolute atomic E-state index is 13.4. The van der Waals surface area contributed by atoms with Crippen LogP contribution in [0.1, 0.15) is 70.8 Å². The van der Waals surface area contributed by atoms with Crippen molar-refractivity contribution in [1.29, 1.82) is 0 Å². The van der Waals surface area contributed by atoms with Crippen molar-refractivity contribution < 1.29 is 9.59 Å². The molecule has 4 heteroatoms. The van der Waals surface area contributed by atoms with Gasteiger partial charge < -0.3 is 10.2 Å². The van der Waals surface area contributed by atoms with Crippen LogP contribution in [-0.2, 0) is 9.59 Å². The van der Waals surface area contributed by atoms with Crippen molar-refractivity contribution in [2.45, 2.75) is 71.3 Å². The first-order valence-electron chi connectivity index (χ1n) is 13.0. The number of fused-ring (bicyclic) bond motifs is 5. The van der Waals surface area contributed by atoms with Gasteiger partial charge in [-0.2, -0.15) is 0 Å². The number of rotatable bonds is 4. The average Bonchev–Trinajstić information content (AvgIpc) is 3.18. The predicted molar refractivity (Wildman–Crippen MR) is 131 cm³/mol. The van der Waals surface area contributed by atoms with E-state index in [2.05, 4.69) is 56.4 Å². The monoisotopic (exact) mass is 448 g/mol. The molecule has 0 saturated heterocycles. The lowest BCUT2D eigenvalue weighted by Crippen LogP contribution is -2.59. The molecule has 3 fully saturated rings. The third kappa shape index (κ3) is 3.56. The van der Waals surface area contributed by atoms with Gasteiger partial charge in [-0.25, -0.2) is 0 Å². The zero-order valence-electron chi connectivity index (χ0n) is 20.7. The summed E-state index contributed by atoms with van der Waals surface area (Å²) in [4.78, 5) is 27.7. The molecule has 0 spiro atoms. The molecule has 0 aromatic heterocycles. The van der Waals surface area contributed by atoms with Gasteiger partial charge in [-0.05, 0) is 79.3 Å². The predicted octanol–water partition coefficient (Wildman–Crippen LogP) is 5.16. The second kappa shape index (κ2) is 8.29. The van der Waals surface area contributed by atoms with Gasteiger partial charge >= 0.3 is 0 Å². The average molecular weight is 449 g/mol. The first-order valence-corrected chi connectivity index (χ1v) is 13.0. The van der Waals surface area contributed by atoms with Crippen LogP contribution < -0.4 is 5.32 Å². The summed E-state index contributed by atoms with van der Waals surface area (Å²) < 4.78 is 0. The number of benzene rings is 1. The van der Waals surface area contributed by atoms with Crippen LogP contribution in [0.3, 0.4) is 0 Å². The Hall–Kier alpha value is -2.10. The first-order chi connectivity index (χ1) is 15.8. The molecule has 8 atom stereocenters. The summed E-state index contributed by atoms with van der Waals surface area (Å²) in [6.07, 6.45) is 10.8. The van der Waals surface area contributed by atoms with Crippen LogP contribution in [0, 0.1) is 34.5 Å². The van der Waals surface area contributed by atoms with Crippen molar-refractivity contribution in [3.05, 3.63) is 48.0 Å². The maximum atomic E-state index is 13.4. The highest BCUT2D eigenvalue weighted by Gasteiger charge is 2.61. The van der Waals surface area contributed by atoms with Crippen LogP contribution in [0.2, 0.25) is 0 Å². The van der Waals surface area contributed by atoms with Crippen LogP contribution in [-0.4, -0.2) is 36.3 Å². The molecule has 0 bridgehead atoms. The molecule has 1 aromatic carbocycles. The van der Waals surface area contributed by atoms with E-state index in [1.165, 1.54) is 24.8 Å². The first kappa shape index (κ1) is 22.7. The number of nitrogens with one attached hydrogen (secondary N) is 1. The van der Waals surface area contributed by atoms with Crippen molar-refractivity contribution in [1.82, 2.24) is 10.2 Å². The summed E-state index contributed by atoms with van der Waals surface area (Å²) in [5.74, 6) is 2.76. The molecule has 3 saturated carbocycles. The zero-order valence-corrected chi connectivity index (χ0v) is 20.7. The number of likely N-dealkylation sites (N-methyl/N-ethyl adjacent to an activating group) is 1. The van der Waals surface area contributed by atoms with E-state index in [4.69, 9.17) is 0 Å². The van der Waals surface area contributed by atoms with Crippen molar-refractivity contribution in [2.24, 2.45) is 34.5 Å². The second-order valence-electron chi connectivity index (χ2n) is 11.8. The Morgan fingerprint density at radius 1 is 1.09 bits per heavy atom. The number of hydrogen-bond acceptors (Lipinski definition) is 2. The van der Waals surface area contributed by atoms with Crippen LogP contribution in [0.4, 0.5) is 0 Å². The molecule has 1 heterocycles. The standard InChI is InChI=1S/C29H40N2O2/c1-19(20-8-6-5-7-9-20)18-30-27(33)24-12-11-22-21-10-13-25-29(3,17-15-26(32)31(25)4)23(21)14-16-28(22,24)2/h5-9,15,17,19,21-25H,10-14,16,18H2,1-4H3,(H,30,33)/t19-,21-,22-,23-,24+,25+,28-,29+/m0/s1. The smallest absolute Gasteiger partial charge is 0.246 e. The Kier molecular flexibility index (Phi) is 5.69. The van der Waals surface area contributed by atoms with E-state index in [0.29, 0.717) is 36.3 Å². The molecular formula is C29H40N2O2. The number of nitrogens with zero attached hydrogens (tertiary/aromatic N) is 1.